The van der Waals surface area contributed by atoms with Gasteiger partial charge in [0.2, 0.25) is 0 Å². The van der Waals surface area contributed by atoms with Crippen molar-refractivity contribution in [3.63, 3.8) is 0 Å². The van der Waals surface area contributed by atoms with Gasteiger partial charge in [-0.25, -0.2) is 0 Å². The van der Waals surface area contributed by atoms with Gasteiger partial charge in [-0.15, -0.1) is 0 Å². The van der Waals surface area contributed by atoms with Crippen LogP contribution in [0.2, 0.25) is 0 Å². The van der Waals surface area contributed by atoms with Crippen molar-refractivity contribution in [2.75, 3.05) is 6.61 Å². The molecule has 0 aliphatic heterocycles. The standard InChI is InChI=1S/C8H14.C2H6O/c1-2-4-6-8-7-5-3-1;1-2-3/h1-2H,3-8H2;3H,2H2,1H3/b2-1-;. The molecule has 0 heterocycles. The molecule has 0 saturated heterocycles. The largest absolute Gasteiger partial charge is 0.397 e. The molecule has 1 aliphatic carbocycles. The SMILES string of the molecule is C1=C\CCCCCC/1.CCO. The minimum absolute atomic E-state index is 0.250. The molecular weight excluding hydrogens is 136 g/mol. The lowest BCUT2D eigenvalue weighted by Gasteiger charge is -2.00. The van der Waals surface area contributed by atoms with Gasteiger partial charge in [-0.05, 0) is 32.6 Å². The minimum atomic E-state index is 0.250. The fraction of sp³-hybridized carbons (Fsp3) is 0.800. The average Bonchev–Trinajstić information content (AvgIpc) is 1.86. The molecule has 0 fully saturated rings. The van der Waals surface area contributed by atoms with Gasteiger partial charge in [0.25, 0.3) is 0 Å². The zero-order valence-corrected chi connectivity index (χ0v) is 7.55. The quantitative estimate of drug-likeness (QED) is 0.535. The van der Waals surface area contributed by atoms with Crippen LogP contribution in [0.1, 0.15) is 45.4 Å². The average molecular weight is 156 g/mol. The van der Waals surface area contributed by atoms with Gasteiger partial charge in [0.15, 0.2) is 0 Å². The maximum Gasteiger partial charge on any atom is 0.0402 e. The molecule has 0 saturated carbocycles. The normalized spacial score (nSPS) is 20.5. The van der Waals surface area contributed by atoms with Crippen molar-refractivity contribution in [1.29, 1.82) is 0 Å². The van der Waals surface area contributed by atoms with Crippen LogP contribution in [0, 0.1) is 0 Å². The summed E-state index contributed by atoms with van der Waals surface area (Å²) >= 11 is 0. The second-order valence-corrected chi connectivity index (χ2v) is 2.78. The molecular formula is C10H20O. The van der Waals surface area contributed by atoms with E-state index in [0.717, 1.165) is 0 Å². The predicted octanol–water partition coefficient (Wildman–Crippen LogP) is 2.90. The van der Waals surface area contributed by atoms with Crippen LogP contribution in [0.5, 0.6) is 0 Å². The molecule has 11 heavy (non-hydrogen) atoms. The lowest BCUT2D eigenvalue weighted by Crippen LogP contribution is -1.80. The Kier molecular flexibility index (Phi) is 9.44. The first-order valence-corrected chi connectivity index (χ1v) is 4.67. The van der Waals surface area contributed by atoms with Gasteiger partial charge < -0.3 is 5.11 Å². The number of aliphatic hydroxyl groups is 1. The van der Waals surface area contributed by atoms with Crippen LogP contribution >= 0.6 is 0 Å². The van der Waals surface area contributed by atoms with Gasteiger partial charge in [0, 0.05) is 6.61 Å². The molecule has 1 heteroatoms. The first-order valence-electron chi connectivity index (χ1n) is 4.67. The number of allylic oxidation sites excluding steroid dienone is 2. The molecule has 0 atom stereocenters. The molecule has 1 nitrogen and oxygen atoms in total. The molecule has 1 rings (SSSR count). The maximum absolute atomic E-state index is 7.57. The van der Waals surface area contributed by atoms with Crippen molar-refractivity contribution < 1.29 is 5.11 Å². The third-order valence-corrected chi connectivity index (χ3v) is 1.66. The van der Waals surface area contributed by atoms with E-state index in [-0.39, 0.29) is 6.61 Å². The van der Waals surface area contributed by atoms with Crippen molar-refractivity contribution in [1.82, 2.24) is 0 Å². The Morgan fingerprint density at radius 1 is 1.00 bits per heavy atom. The van der Waals surface area contributed by atoms with Crippen LogP contribution in [0.15, 0.2) is 12.2 Å². The first kappa shape index (κ1) is 10.7. The molecule has 1 aliphatic rings. The summed E-state index contributed by atoms with van der Waals surface area (Å²) in [5.41, 5.74) is 0. The summed E-state index contributed by atoms with van der Waals surface area (Å²) in [4.78, 5) is 0. The van der Waals surface area contributed by atoms with Crippen molar-refractivity contribution in [3.05, 3.63) is 12.2 Å². The Morgan fingerprint density at radius 2 is 1.36 bits per heavy atom. The number of hydrogen-bond donors (Lipinski definition) is 1. The molecule has 0 aromatic heterocycles. The number of hydrogen-bond acceptors (Lipinski definition) is 1. The second-order valence-electron chi connectivity index (χ2n) is 2.78. The lowest BCUT2D eigenvalue weighted by atomic mass is 10.1. The summed E-state index contributed by atoms with van der Waals surface area (Å²) in [5, 5.41) is 7.57. The van der Waals surface area contributed by atoms with E-state index in [1.54, 1.807) is 6.92 Å². The highest BCUT2D eigenvalue weighted by Crippen LogP contribution is 2.09. The second kappa shape index (κ2) is 9.70. The van der Waals surface area contributed by atoms with Gasteiger partial charge >= 0.3 is 0 Å². The van der Waals surface area contributed by atoms with Crippen molar-refractivity contribution in [2.24, 2.45) is 0 Å². The monoisotopic (exact) mass is 156 g/mol. The summed E-state index contributed by atoms with van der Waals surface area (Å²) in [5.74, 6) is 0. The fourth-order valence-electron chi connectivity index (χ4n) is 1.11. The van der Waals surface area contributed by atoms with Crippen LogP contribution < -0.4 is 0 Å². The van der Waals surface area contributed by atoms with Gasteiger partial charge in [-0.1, -0.05) is 25.0 Å². The molecule has 0 spiro atoms. The number of rotatable bonds is 0. The lowest BCUT2D eigenvalue weighted by molar-refractivity contribution is 0.318. The Bertz CT molecular complexity index is 76.9. The zero-order valence-electron chi connectivity index (χ0n) is 7.55. The fourth-order valence-corrected chi connectivity index (χ4v) is 1.11. The van der Waals surface area contributed by atoms with Gasteiger partial charge in [-0.3, -0.25) is 0 Å². The van der Waals surface area contributed by atoms with Crippen LogP contribution in [0.25, 0.3) is 0 Å². The summed E-state index contributed by atoms with van der Waals surface area (Å²) in [6.07, 6.45) is 13.0. The first-order chi connectivity index (χ1) is 5.41. The van der Waals surface area contributed by atoms with Crippen molar-refractivity contribution >= 4 is 0 Å². The Balaban J connectivity index is 0.000000292. The minimum Gasteiger partial charge on any atom is -0.397 e. The summed E-state index contributed by atoms with van der Waals surface area (Å²) in [6, 6.07) is 0. The molecule has 0 radical (unpaired) electrons. The Hall–Kier alpha value is -0.300. The van der Waals surface area contributed by atoms with Crippen LogP contribution in [0.3, 0.4) is 0 Å². The Morgan fingerprint density at radius 3 is 1.73 bits per heavy atom. The molecule has 0 bridgehead atoms. The highest BCUT2D eigenvalue weighted by molar-refractivity contribution is 4.82. The highest BCUT2D eigenvalue weighted by Gasteiger charge is 1.89. The molecule has 1 N–H and O–H groups in total. The molecule has 0 amide bonds. The molecule has 0 unspecified atom stereocenters. The van der Waals surface area contributed by atoms with Crippen LogP contribution in [-0.2, 0) is 0 Å². The smallest absolute Gasteiger partial charge is 0.0402 e. The molecule has 0 aromatic carbocycles. The number of aliphatic hydroxyl groups excluding tert-OH is 1. The Labute approximate surface area is 70.1 Å². The van der Waals surface area contributed by atoms with Crippen LogP contribution in [0.4, 0.5) is 0 Å². The summed E-state index contributed by atoms with van der Waals surface area (Å²) in [7, 11) is 0. The van der Waals surface area contributed by atoms with Gasteiger partial charge in [0.1, 0.15) is 0 Å². The van der Waals surface area contributed by atoms with Crippen LogP contribution in [-0.4, -0.2) is 11.7 Å². The van der Waals surface area contributed by atoms with E-state index in [9.17, 15) is 0 Å². The summed E-state index contributed by atoms with van der Waals surface area (Å²) < 4.78 is 0. The van der Waals surface area contributed by atoms with E-state index in [1.165, 1.54) is 38.5 Å². The van der Waals surface area contributed by atoms with E-state index in [1.807, 2.05) is 0 Å². The van der Waals surface area contributed by atoms with E-state index >= 15 is 0 Å². The molecule has 66 valence electrons. The highest BCUT2D eigenvalue weighted by atomic mass is 16.2. The van der Waals surface area contributed by atoms with E-state index in [2.05, 4.69) is 12.2 Å². The molecule has 0 aromatic rings. The zero-order chi connectivity index (χ0) is 8.36. The van der Waals surface area contributed by atoms with Crippen molar-refractivity contribution in [2.45, 2.75) is 45.4 Å². The maximum atomic E-state index is 7.57. The van der Waals surface area contributed by atoms with Gasteiger partial charge in [0.05, 0.1) is 0 Å². The van der Waals surface area contributed by atoms with E-state index < -0.39 is 0 Å². The van der Waals surface area contributed by atoms with E-state index in [0.29, 0.717) is 0 Å². The van der Waals surface area contributed by atoms with E-state index in [4.69, 9.17) is 5.11 Å². The topological polar surface area (TPSA) is 20.2 Å². The summed E-state index contributed by atoms with van der Waals surface area (Å²) in [6.45, 7) is 1.93. The third kappa shape index (κ3) is 9.70. The predicted molar refractivity (Wildman–Crippen MR) is 49.6 cm³/mol. The third-order valence-electron chi connectivity index (χ3n) is 1.66. The van der Waals surface area contributed by atoms with Gasteiger partial charge in [-0.2, -0.15) is 0 Å². The van der Waals surface area contributed by atoms with Crippen molar-refractivity contribution in [3.8, 4) is 0 Å².